The van der Waals surface area contributed by atoms with Crippen LogP contribution in [0.1, 0.15) is 32.6 Å². The molecule has 2 aliphatic rings. The van der Waals surface area contributed by atoms with Crippen molar-refractivity contribution in [3.63, 3.8) is 0 Å². The van der Waals surface area contributed by atoms with Crippen LogP contribution in [0.2, 0.25) is 0 Å². The molecule has 2 heteroatoms. The predicted molar refractivity (Wildman–Crippen MR) is 53.8 cm³/mol. The summed E-state index contributed by atoms with van der Waals surface area (Å²) in [6, 6.07) is 0. The van der Waals surface area contributed by atoms with E-state index in [1.54, 1.807) is 0 Å². The third-order valence-corrected chi connectivity index (χ3v) is 3.53. The van der Waals surface area contributed by atoms with Crippen LogP contribution < -0.4 is 5.32 Å². The van der Waals surface area contributed by atoms with Crippen molar-refractivity contribution in [2.45, 2.75) is 32.6 Å². The van der Waals surface area contributed by atoms with Gasteiger partial charge in [0.05, 0.1) is 6.61 Å². The van der Waals surface area contributed by atoms with Gasteiger partial charge in [-0.1, -0.05) is 6.92 Å². The molecule has 1 saturated heterocycles. The van der Waals surface area contributed by atoms with Crippen LogP contribution in [0.25, 0.3) is 0 Å². The molecule has 0 aromatic carbocycles. The van der Waals surface area contributed by atoms with Gasteiger partial charge in [0, 0.05) is 6.61 Å². The molecule has 0 aromatic rings. The Morgan fingerprint density at radius 2 is 2.46 bits per heavy atom. The van der Waals surface area contributed by atoms with Crippen molar-refractivity contribution in [1.82, 2.24) is 5.32 Å². The second kappa shape index (κ2) is 3.97. The summed E-state index contributed by atoms with van der Waals surface area (Å²) in [7, 11) is 0. The molecule has 1 heterocycles. The molecule has 1 aliphatic heterocycles. The summed E-state index contributed by atoms with van der Waals surface area (Å²) >= 11 is 0. The Morgan fingerprint density at radius 1 is 1.54 bits per heavy atom. The van der Waals surface area contributed by atoms with Gasteiger partial charge in [0.15, 0.2) is 0 Å². The van der Waals surface area contributed by atoms with Crippen LogP contribution in [-0.4, -0.2) is 26.3 Å². The number of hydrogen-bond acceptors (Lipinski definition) is 2. The second-order valence-electron chi connectivity index (χ2n) is 4.62. The van der Waals surface area contributed by atoms with Crippen molar-refractivity contribution in [3.8, 4) is 0 Å². The molecule has 1 spiro atoms. The zero-order valence-corrected chi connectivity index (χ0v) is 8.64. The standard InChI is InChI=1S/C11H21NO/c1-2-5-12-8-10-7-11(10)4-3-6-13-9-11/h10,12H,2-9H2,1H3. The first kappa shape index (κ1) is 9.47. The lowest BCUT2D eigenvalue weighted by Gasteiger charge is -2.23. The third-order valence-electron chi connectivity index (χ3n) is 3.53. The second-order valence-corrected chi connectivity index (χ2v) is 4.62. The van der Waals surface area contributed by atoms with Gasteiger partial charge in [-0.2, -0.15) is 0 Å². The first-order valence-corrected chi connectivity index (χ1v) is 5.66. The number of hydrogen-bond donors (Lipinski definition) is 1. The lowest BCUT2D eigenvalue weighted by atomic mass is 9.96. The van der Waals surface area contributed by atoms with E-state index in [9.17, 15) is 0 Å². The quantitative estimate of drug-likeness (QED) is 0.671. The summed E-state index contributed by atoms with van der Waals surface area (Å²) in [6.07, 6.45) is 5.34. The monoisotopic (exact) mass is 183 g/mol. The fraction of sp³-hybridized carbons (Fsp3) is 1.00. The van der Waals surface area contributed by atoms with Crippen molar-refractivity contribution in [1.29, 1.82) is 0 Å². The SMILES string of the molecule is CCCNCC1CC12CCCOC2. The van der Waals surface area contributed by atoms with Crippen molar-refractivity contribution < 1.29 is 4.74 Å². The summed E-state index contributed by atoms with van der Waals surface area (Å²) < 4.78 is 5.56. The zero-order chi connectivity index (χ0) is 9.15. The Bertz CT molecular complexity index is 163. The molecule has 2 fully saturated rings. The van der Waals surface area contributed by atoms with Crippen LogP contribution in [0.4, 0.5) is 0 Å². The van der Waals surface area contributed by atoms with E-state index in [0.29, 0.717) is 5.41 Å². The van der Waals surface area contributed by atoms with Gasteiger partial charge in [0.25, 0.3) is 0 Å². The lowest BCUT2D eigenvalue weighted by Crippen LogP contribution is -2.25. The van der Waals surface area contributed by atoms with Crippen LogP contribution in [0.15, 0.2) is 0 Å². The molecule has 0 amide bonds. The van der Waals surface area contributed by atoms with E-state index in [1.807, 2.05) is 0 Å². The molecule has 0 bridgehead atoms. The van der Waals surface area contributed by atoms with Crippen LogP contribution in [-0.2, 0) is 4.74 Å². The highest BCUT2D eigenvalue weighted by Crippen LogP contribution is 2.56. The zero-order valence-electron chi connectivity index (χ0n) is 8.64. The van der Waals surface area contributed by atoms with E-state index in [-0.39, 0.29) is 0 Å². The largest absolute Gasteiger partial charge is 0.381 e. The van der Waals surface area contributed by atoms with E-state index in [4.69, 9.17) is 4.74 Å². The van der Waals surface area contributed by atoms with Crippen LogP contribution >= 0.6 is 0 Å². The molecular weight excluding hydrogens is 162 g/mol. The molecule has 2 nitrogen and oxygen atoms in total. The smallest absolute Gasteiger partial charge is 0.0525 e. The highest BCUT2D eigenvalue weighted by molar-refractivity contribution is 5.03. The molecule has 76 valence electrons. The number of rotatable bonds is 4. The highest BCUT2D eigenvalue weighted by Gasteiger charge is 2.53. The molecule has 2 rings (SSSR count). The summed E-state index contributed by atoms with van der Waals surface area (Å²) in [5, 5.41) is 3.51. The molecule has 1 N–H and O–H groups in total. The highest BCUT2D eigenvalue weighted by atomic mass is 16.5. The normalized spacial score (nSPS) is 38.1. The predicted octanol–water partition coefficient (Wildman–Crippen LogP) is 1.80. The van der Waals surface area contributed by atoms with Gasteiger partial charge in [0.2, 0.25) is 0 Å². The minimum Gasteiger partial charge on any atom is -0.381 e. The van der Waals surface area contributed by atoms with Gasteiger partial charge in [-0.05, 0) is 50.1 Å². The summed E-state index contributed by atoms with van der Waals surface area (Å²) in [5.74, 6) is 0.916. The maximum absolute atomic E-state index is 5.56. The van der Waals surface area contributed by atoms with Gasteiger partial charge >= 0.3 is 0 Å². The maximum Gasteiger partial charge on any atom is 0.0525 e. The Morgan fingerprint density at radius 3 is 3.15 bits per heavy atom. The molecule has 1 aliphatic carbocycles. The van der Waals surface area contributed by atoms with Crippen LogP contribution in [0, 0.1) is 11.3 Å². The number of nitrogens with one attached hydrogen (secondary N) is 1. The fourth-order valence-corrected chi connectivity index (χ4v) is 2.53. The van der Waals surface area contributed by atoms with Crippen molar-refractivity contribution in [3.05, 3.63) is 0 Å². The average molecular weight is 183 g/mol. The van der Waals surface area contributed by atoms with Gasteiger partial charge < -0.3 is 10.1 Å². The van der Waals surface area contributed by atoms with Crippen molar-refractivity contribution in [2.24, 2.45) is 11.3 Å². The van der Waals surface area contributed by atoms with Gasteiger partial charge in [-0.15, -0.1) is 0 Å². The van der Waals surface area contributed by atoms with Crippen molar-refractivity contribution in [2.75, 3.05) is 26.3 Å². The van der Waals surface area contributed by atoms with E-state index in [0.717, 1.165) is 19.1 Å². The van der Waals surface area contributed by atoms with Crippen LogP contribution in [0.5, 0.6) is 0 Å². The summed E-state index contributed by atoms with van der Waals surface area (Å²) in [4.78, 5) is 0. The molecule has 0 aromatic heterocycles. The van der Waals surface area contributed by atoms with Crippen LogP contribution in [0.3, 0.4) is 0 Å². The van der Waals surface area contributed by atoms with E-state index < -0.39 is 0 Å². The Hall–Kier alpha value is -0.0800. The maximum atomic E-state index is 5.56. The minimum atomic E-state index is 0.610. The Balaban J connectivity index is 1.67. The molecule has 0 radical (unpaired) electrons. The first-order chi connectivity index (χ1) is 6.37. The summed E-state index contributed by atoms with van der Waals surface area (Å²) in [5.41, 5.74) is 0.610. The van der Waals surface area contributed by atoms with Gasteiger partial charge in [0.1, 0.15) is 0 Å². The van der Waals surface area contributed by atoms with E-state index in [2.05, 4.69) is 12.2 Å². The van der Waals surface area contributed by atoms with E-state index in [1.165, 1.54) is 38.8 Å². The first-order valence-electron chi connectivity index (χ1n) is 5.66. The molecule has 2 atom stereocenters. The lowest BCUT2D eigenvalue weighted by molar-refractivity contribution is 0.0363. The third kappa shape index (κ3) is 2.05. The minimum absolute atomic E-state index is 0.610. The van der Waals surface area contributed by atoms with Gasteiger partial charge in [-0.3, -0.25) is 0 Å². The summed E-state index contributed by atoms with van der Waals surface area (Å²) in [6.45, 7) is 6.65. The Labute approximate surface area is 81.0 Å². The molecular formula is C11H21NO. The molecule has 13 heavy (non-hydrogen) atoms. The molecule has 2 unspecified atom stereocenters. The van der Waals surface area contributed by atoms with Crippen molar-refractivity contribution >= 4 is 0 Å². The average Bonchev–Trinajstić information content (AvgIpc) is 2.80. The number of ether oxygens (including phenoxy) is 1. The Kier molecular flexibility index (Phi) is 2.89. The fourth-order valence-electron chi connectivity index (χ4n) is 2.53. The molecule has 1 saturated carbocycles. The van der Waals surface area contributed by atoms with Gasteiger partial charge in [-0.25, -0.2) is 0 Å². The topological polar surface area (TPSA) is 21.3 Å². The van der Waals surface area contributed by atoms with E-state index >= 15 is 0 Å².